The molecule has 2 aliphatic rings. The maximum atomic E-state index is 13.0. The Kier molecular flexibility index (Phi) is 3.61. The second kappa shape index (κ2) is 5.62. The molecular formula is C18H14ClNO6. The van der Waals surface area contributed by atoms with Crippen molar-refractivity contribution in [1.82, 2.24) is 0 Å². The Bertz CT molecular complexity index is 959. The largest absolute Gasteiger partial charge is 0.507 e. The molecule has 1 amide bonds. The number of carboxylic acids is 1. The number of rotatable bonds is 3. The molecule has 134 valence electrons. The summed E-state index contributed by atoms with van der Waals surface area (Å²) in [5.74, 6) is -1.95. The Morgan fingerprint density at radius 3 is 2.85 bits per heavy atom. The van der Waals surface area contributed by atoms with Crippen LogP contribution >= 0.6 is 11.6 Å². The van der Waals surface area contributed by atoms with E-state index in [2.05, 4.69) is 0 Å². The number of aliphatic carboxylic acids is 1. The highest BCUT2D eigenvalue weighted by atomic mass is 35.5. The van der Waals surface area contributed by atoms with Gasteiger partial charge in [-0.2, -0.15) is 0 Å². The first-order valence-electron chi connectivity index (χ1n) is 7.88. The maximum absolute atomic E-state index is 13.0. The van der Waals surface area contributed by atoms with Gasteiger partial charge in [0.05, 0.1) is 12.3 Å². The number of carbonyl (C=O) groups is 2. The van der Waals surface area contributed by atoms with Gasteiger partial charge in [-0.25, -0.2) is 0 Å². The topological polar surface area (TPSA) is 107 Å². The minimum atomic E-state index is -2.29. The molecule has 2 heterocycles. The Labute approximate surface area is 153 Å². The molecule has 0 aliphatic carbocycles. The second-order valence-corrected chi connectivity index (χ2v) is 6.61. The fourth-order valence-electron chi connectivity index (χ4n) is 3.55. The van der Waals surface area contributed by atoms with Gasteiger partial charge in [0.2, 0.25) is 5.60 Å². The van der Waals surface area contributed by atoms with Crippen LogP contribution in [-0.2, 0) is 21.6 Å². The molecular weight excluding hydrogens is 362 g/mol. The molecule has 2 aromatic carbocycles. The van der Waals surface area contributed by atoms with Gasteiger partial charge in [-0.3, -0.25) is 14.5 Å². The average molecular weight is 376 g/mol. The van der Waals surface area contributed by atoms with Crippen LogP contribution in [-0.4, -0.2) is 40.3 Å². The third kappa shape index (κ3) is 2.17. The molecule has 2 aromatic rings. The highest BCUT2D eigenvalue weighted by molar-refractivity contribution is 6.33. The van der Waals surface area contributed by atoms with Gasteiger partial charge in [0.25, 0.3) is 5.91 Å². The smallest absolute Gasteiger partial charge is 0.323 e. The zero-order valence-electron chi connectivity index (χ0n) is 13.4. The van der Waals surface area contributed by atoms with E-state index in [-0.39, 0.29) is 27.6 Å². The molecule has 0 spiro atoms. The monoisotopic (exact) mass is 375 g/mol. The first kappa shape index (κ1) is 16.7. The number of phenolic OH excluding ortho intramolecular Hbond substituents is 1. The lowest BCUT2D eigenvalue weighted by molar-refractivity contribution is -0.139. The van der Waals surface area contributed by atoms with Crippen LogP contribution < -0.4 is 9.64 Å². The first-order chi connectivity index (χ1) is 12.3. The Morgan fingerprint density at radius 1 is 1.35 bits per heavy atom. The van der Waals surface area contributed by atoms with Crippen LogP contribution in [0.5, 0.6) is 11.5 Å². The summed E-state index contributed by atoms with van der Waals surface area (Å²) in [6.45, 7) is -0.198. The summed E-state index contributed by atoms with van der Waals surface area (Å²) in [7, 11) is 0. The number of benzene rings is 2. The number of carbonyl (C=O) groups excluding carboxylic acids is 1. The third-order valence-electron chi connectivity index (χ3n) is 4.69. The number of carboxylic acid groups (broad SMARTS) is 1. The van der Waals surface area contributed by atoms with Gasteiger partial charge in [0.1, 0.15) is 18.0 Å². The number of phenols is 1. The van der Waals surface area contributed by atoms with Crippen molar-refractivity contribution in [1.29, 1.82) is 0 Å². The summed E-state index contributed by atoms with van der Waals surface area (Å²) in [5, 5.41) is 31.1. The standard InChI is InChI=1S/C18H14ClNO6/c19-11-2-1-3-12-16(11)18(25,17(24)20(12)8-15(22)23)10-6-9-4-5-26-14(9)7-13(10)21/h1-3,6-7,21,25H,4-5,8H2,(H,22,23). The number of amides is 1. The number of nitrogens with zero attached hydrogens (tertiary/aromatic N) is 1. The molecule has 0 fully saturated rings. The molecule has 0 saturated carbocycles. The van der Waals surface area contributed by atoms with Crippen molar-refractivity contribution in [2.45, 2.75) is 12.0 Å². The minimum absolute atomic E-state index is 0.0472. The SMILES string of the molecule is O=C(O)CN1C(=O)C(O)(c2cc3c(cc2O)OCC3)c2c(Cl)cccc21. The van der Waals surface area contributed by atoms with Crippen LogP contribution in [0.4, 0.5) is 5.69 Å². The van der Waals surface area contributed by atoms with Gasteiger partial charge in [0.15, 0.2) is 0 Å². The summed E-state index contributed by atoms with van der Waals surface area (Å²) >= 11 is 6.25. The fourth-order valence-corrected chi connectivity index (χ4v) is 3.86. The van der Waals surface area contributed by atoms with Crippen LogP contribution in [0.1, 0.15) is 16.7 Å². The number of aliphatic hydroxyl groups is 1. The highest BCUT2D eigenvalue weighted by Crippen LogP contribution is 2.50. The van der Waals surface area contributed by atoms with E-state index in [1.807, 2.05) is 0 Å². The number of hydrogen-bond donors (Lipinski definition) is 3. The number of hydrogen-bond acceptors (Lipinski definition) is 5. The zero-order chi connectivity index (χ0) is 18.6. The predicted octanol–water partition coefficient (Wildman–Crippen LogP) is 1.65. The second-order valence-electron chi connectivity index (χ2n) is 6.20. The van der Waals surface area contributed by atoms with Gasteiger partial charge in [-0.15, -0.1) is 0 Å². The summed E-state index contributed by atoms with van der Waals surface area (Å²) in [6, 6.07) is 7.42. The van der Waals surface area contributed by atoms with E-state index >= 15 is 0 Å². The summed E-state index contributed by atoms with van der Waals surface area (Å²) in [6.07, 6.45) is 0.571. The fraction of sp³-hybridized carbons (Fsp3) is 0.222. The Hall–Kier alpha value is -2.77. The highest BCUT2D eigenvalue weighted by Gasteiger charge is 2.54. The Balaban J connectivity index is 1.96. The molecule has 8 heteroatoms. The number of anilines is 1. The molecule has 2 aliphatic heterocycles. The molecule has 0 saturated heterocycles. The van der Waals surface area contributed by atoms with Crippen LogP contribution in [0.25, 0.3) is 0 Å². The third-order valence-corrected chi connectivity index (χ3v) is 5.00. The number of ether oxygens (including phenoxy) is 1. The normalized spacial score (nSPS) is 20.7. The minimum Gasteiger partial charge on any atom is -0.507 e. The van der Waals surface area contributed by atoms with Crippen molar-refractivity contribution in [2.24, 2.45) is 0 Å². The summed E-state index contributed by atoms with van der Waals surface area (Å²) < 4.78 is 5.38. The lowest BCUT2D eigenvalue weighted by Gasteiger charge is -2.25. The lowest BCUT2D eigenvalue weighted by Crippen LogP contribution is -2.43. The van der Waals surface area contributed by atoms with Crippen molar-refractivity contribution in [2.75, 3.05) is 18.1 Å². The molecule has 0 aromatic heterocycles. The quantitative estimate of drug-likeness (QED) is 0.753. The Morgan fingerprint density at radius 2 is 2.12 bits per heavy atom. The molecule has 1 atom stereocenters. The van der Waals surface area contributed by atoms with Gasteiger partial charge in [0, 0.05) is 28.6 Å². The molecule has 4 rings (SSSR count). The van der Waals surface area contributed by atoms with Gasteiger partial charge in [-0.05, 0) is 23.8 Å². The molecule has 0 radical (unpaired) electrons. The van der Waals surface area contributed by atoms with Crippen LogP contribution in [0.3, 0.4) is 0 Å². The van der Waals surface area contributed by atoms with Crippen molar-refractivity contribution in [3.63, 3.8) is 0 Å². The van der Waals surface area contributed by atoms with E-state index in [1.54, 1.807) is 6.07 Å². The van der Waals surface area contributed by atoms with E-state index in [0.29, 0.717) is 18.8 Å². The average Bonchev–Trinajstić information content (AvgIpc) is 3.11. The van der Waals surface area contributed by atoms with E-state index in [0.717, 1.165) is 10.5 Å². The van der Waals surface area contributed by atoms with Crippen molar-refractivity contribution >= 4 is 29.2 Å². The van der Waals surface area contributed by atoms with Crippen LogP contribution in [0.2, 0.25) is 5.02 Å². The van der Waals surface area contributed by atoms with Gasteiger partial charge >= 0.3 is 5.97 Å². The molecule has 26 heavy (non-hydrogen) atoms. The summed E-state index contributed by atoms with van der Waals surface area (Å²) in [5.41, 5.74) is -1.34. The van der Waals surface area contributed by atoms with Crippen molar-refractivity contribution in [3.8, 4) is 11.5 Å². The van der Waals surface area contributed by atoms with E-state index in [9.17, 15) is 19.8 Å². The molecule has 3 N–H and O–H groups in total. The zero-order valence-corrected chi connectivity index (χ0v) is 14.2. The molecule has 0 bridgehead atoms. The van der Waals surface area contributed by atoms with E-state index < -0.39 is 24.0 Å². The predicted molar refractivity (Wildman–Crippen MR) is 91.7 cm³/mol. The van der Waals surface area contributed by atoms with Crippen molar-refractivity contribution in [3.05, 3.63) is 52.0 Å². The first-order valence-corrected chi connectivity index (χ1v) is 8.26. The lowest BCUT2D eigenvalue weighted by atomic mass is 9.85. The van der Waals surface area contributed by atoms with Gasteiger partial charge < -0.3 is 20.1 Å². The molecule has 7 nitrogen and oxygen atoms in total. The number of aromatic hydroxyl groups is 1. The maximum Gasteiger partial charge on any atom is 0.323 e. The van der Waals surface area contributed by atoms with Crippen LogP contribution in [0, 0.1) is 0 Å². The van der Waals surface area contributed by atoms with E-state index in [4.69, 9.17) is 21.4 Å². The number of fused-ring (bicyclic) bond motifs is 2. The van der Waals surface area contributed by atoms with E-state index in [1.165, 1.54) is 24.3 Å². The van der Waals surface area contributed by atoms with Crippen LogP contribution in [0.15, 0.2) is 30.3 Å². The number of halogens is 1. The molecule has 1 unspecified atom stereocenters. The summed E-state index contributed by atoms with van der Waals surface area (Å²) in [4.78, 5) is 25.2. The van der Waals surface area contributed by atoms with Crippen molar-refractivity contribution < 1.29 is 29.6 Å². The van der Waals surface area contributed by atoms with Gasteiger partial charge in [-0.1, -0.05) is 17.7 Å².